The number of amides is 1. The number of rotatable bonds is 2. The normalized spacial score (nSPS) is 19.5. The van der Waals surface area contributed by atoms with E-state index in [1.165, 1.54) is 0 Å². The largest absolute Gasteiger partial charge is 0.480 e. The van der Waals surface area contributed by atoms with Crippen LogP contribution in [-0.2, 0) is 9.59 Å². The van der Waals surface area contributed by atoms with E-state index >= 15 is 0 Å². The number of nitrogens with zero attached hydrogens (tertiary/aromatic N) is 1. The average molecular weight is 158 g/mol. The summed E-state index contributed by atoms with van der Waals surface area (Å²) in [5.74, 6) is -0.989. The topological polar surface area (TPSA) is 69.6 Å². The van der Waals surface area contributed by atoms with Gasteiger partial charge in [0, 0.05) is 13.1 Å². The Bertz CT molecular complexity index is 179. The second-order valence-corrected chi connectivity index (χ2v) is 2.45. The number of hydrogen-bond acceptors (Lipinski definition) is 3. The maximum absolute atomic E-state index is 10.7. The summed E-state index contributed by atoms with van der Waals surface area (Å²) < 4.78 is 0. The van der Waals surface area contributed by atoms with Crippen LogP contribution in [0.25, 0.3) is 0 Å². The first-order valence-electron chi connectivity index (χ1n) is 3.39. The van der Waals surface area contributed by atoms with Crippen molar-refractivity contribution in [2.24, 2.45) is 0 Å². The summed E-state index contributed by atoms with van der Waals surface area (Å²) in [6.45, 7) is 1.32. The molecule has 1 aliphatic heterocycles. The lowest BCUT2D eigenvalue weighted by atomic mass is 10.3. The van der Waals surface area contributed by atoms with Crippen LogP contribution < -0.4 is 5.32 Å². The van der Waals surface area contributed by atoms with Gasteiger partial charge in [-0.05, 0) is 0 Å². The van der Waals surface area contributed by atoms with Gasteiger partial charge in [-0.25, -0.2) is 0 Å². The predicted octanol–water partition coefficient (Wildman–Crippen LogP) is -1.50. The number of piperazine rings is 1. The highest BCUT2D eigenvalue weighted by Gasteiger charge is 2.17. The van der Waals surface area contributed by atoms with Gasteiger partial charge in [-0.15, -0.1) is 0 Å². The molecule has 1 heterocycles. The van der Waals surface area contributed by atoms with Gasteiger partial charge in [0.2, 0.25) is 5.91 Å². The van der Waals surface area contributed by atoms with Crippen molar-refractivity contribution < 1.29 is 14.7 Å². The summed E-state index contributed by atoms with van der Waals surface area (Å²) in [5.41, 5.74) is 0. The van der Waals surface area contributed by atoms with Gasteiger partial charge >= 0.3 is 5.97 Å². The molecule has 5 heteroatoms. The summed E-state index contributed by atoms with van der Waals surface area (Å²) in [7, 11) is 0. The van der Waals surface area contributed by atoms with E-state index in [1.54, 1.807) is 4.90 Å². The molecule has 1 saturated heterocycles. The highest BCUT2D eigenvalue weighted by molar-refractivity contribution is 5.79. The maximum Gasteiger partial charge on any atom is 0.317 e. The SMILES string of the molecule is O=C(O)CN1CCNC(=O)C1. The molecule has 0 aromatic heterocycles. The van der Waals surface area contributed by atoms with E-state index < -0.39 is 5.97 Å². The fraction of sp³-hybridized carbons (Fsp3) is 0.667. The first-order valence-corrected chi connectivity index (χ1v) is 3.39. The number of carbonyl (C=O) groups is 2. The average Bonchev–Trinajstić information content (AvgIpc) is 1.85. The maximum atomic E-state index is 10.7. The van der Waals surface area contributed by atoms with E-state index in [-0.39, 0.29) is 19.0 Å². The van der Waals surface area contributed by atoms with E-state index in [9.17, 15) is 9.59 Å². The zero-order chi connectivity index (χ0) is 8.27. The number of carboxylic acid groups (broad SMARTS) is 1. The molecular formula is C6H10N2O3. The summed E-state index contributed by atoms with van der Waals surface area (Å²) in [6, 6.07) is 0. The van der Waals surface area contributed by atoms with Crippen molar-refractivity contribution in [1.82, 2.24) is 10.2 Å². The van der Waals surface area contributed by atoms with Gasteiger partial charge < -0.3 is 10.4 Å². The van der Waals surface area contributed by atoms with Gasteiger partial charge in [-0.3, -0.25) is 14.5 Å². The van der Waals surface area contributed by atoms with Crippen LogP contribution in [0.2, 0.25) is 0 Å². The molecule has 5 nitrogen and oxygen atoms in total. The second-order valence-electron chi connectivity index (χ2n) is 2.45. The lowest BCUT2D eigenvalue weighted by Gasteiger charge is -2.24. The Hall–Kier alpha value is -1.10. The third-order valence-electron chi connectivity index (χ3n) is 1.48. The van der Waals surface area contributed by atoms with E-state index in [4.69, 9.17) is 5.11 Å². The molecule has 1 fully saturated rings. The third kappa shape index (κ3) is 2.55. The van der Waals surface area contributed by atoms with Crippen LogP contribution in [-0.4, -0.2) is 48.1 Å². The lowest BCUT2D eigenvalue weighted by molar-refractivity contribution is -0.139. The van der Waals surface area contributed by atoms with Gasteiger partial charge in [0.05, 0.1) is 13.1 Å². The van der Waals surface area contributed by atoms with Gasteiger partial charge in [0.15, 0.2) is 0 Å². The molecule has 0 aromatic carbocycles. The highest BCUT2D eigenvalue weighted by atomic mass is 16.4. The molecule has 0 aromatic rings. The molecule has 2 N–H and O–H groups in total. The quantitative estimate of drug-likeness (QED) is 0.513. The first kappa shape index (κ1) is 8.00. The standard InChI is InChI=1S/C6H10N2O3/c9-5-3-8(2-1-7-5)4-6(10)11/h1-4H2,(H,7,9)(H,10,11). The minimum absolute atomic E-state index is 0.0482. The Morgan fingerprint density at radius 1 is 1.73 bits per heavy atom. The smallest absolute Gasteiger partial charge is 0.317 e. The van der Waals surface area contributed by atoms with E-state index in [1.807, 2.05) is 0 Å². The van der Waals surface area contributed by atoms with Crippen molar-refractivity contribution >= 4 is 11.9 Å². The summed E-state index contributed by atoms with van der Waals surface area (Å²) in [6.07, 6.45) is 0. The van der Waals surface area contributed by atoms with Crippen molar-refractivity contribution in [3.05, 3.63) is 0 Å². The van der Waals surface area contributed by atoms with E-state index in [0.717, 1.165) is 0 Å². The minimum Gasteiger partial charge on any atom is -0.480 e. The Balaban J connectivity index is 2.34. The summed E-state index contributed by atoms with van der Waals surface area (Å²) >= 11 is 0. The molecule has 0 aliphatic carbocycles. The minimum atomic E-state index is -0.889. The van der Waals surface area contributed by atoms with Crippen LogP contribution >= 0.6 is 0 Å². The lowest BCUT2D eigenvalue weighted by Crippen LogP contribution is -2.49. The molecule has 0 unspecified atom stereocenters. The van der Waals surface area contributed by atoms with Crippen LogP contribution in [0.15, 0.2) is 0 Å². The molecule has 62 valence electrons. The highest BCUT2D eigenvalue weighted by Crippen LogP contribution is 1.91. The van der Waals surface area contributed by atoms with Crippen LogP contribution in [0.3, 0.4) is 0 Å². The molecule has 1 rings (SSSR count). The Kier molecular flexibility index (Phi) is 2.43. The van der Waals surface area contributed by atoms with E-state index in [2.05, 4.69) is 5.32 Å². The van der Waals surface area contributed by atoms with E-state index in [0.29, 0.717) is 13.1 Å². The fourth-order valence-corrected chi connectivity index (χ4v) is 1.02. The molecule has 0 bridgehead atoms. The fourth-order valence-electron chi connectivity index (χ4n) is 1.02. The van der Waals surface area contributed by atoms with Crippen molar-refractivity contribution in [3.8, 4) is 0 Å². The zero-order valence-electron chi connectivity index (χ0n) is 6.04. The van der Waals surface area contributed by atoms with Crippen LogP contribution in [0.1, 0.15) is 0 Å². The molecular weight excluding hydrogens is 148 g/mol. The monoisotopic (exact) mass is 158 g/mol. The van der Waals surface area contributed by atoms with Gasteiger partial charge in [-0.1, -0.05) is 0 Å². The number of hydrogen-bond donors (Lipinski definition) is 2. The Labute approximate surface area is 64.0 Å². The third-order valence-corrected chi connectivity index (χ3v) is 1.48. The van der Waals surface area contributed by atoms with Crippen LogP contribution in [0, 0.1) is 0 Å². The Morgan fingerprint density at radius 2 is 2.45 bits per heavy atom. The molecule has 0 spiro atoms. The van der Waals surface area contributed by atoms with Crippen molar-refractivity contribution in [1.29, 1.82) is 0 Å². The predicted molar refractivity (Wildman–Crippen MR) is 37.1 cm³/mol. The van der Waals surface area contributed by atoms with Crippen molar-refractivity contribution in [2.75, 3.05) is 26.2 Å². The first-order chi connectivity index (χ1) is 5.18. The second kappa shape index (κ2) is 3.34. The number of aliphatic carboxylic acids is 1. The molecule has 11 heavy (non-hydrogen) atoms. The molecule has 1 aliphatic rings. The molecule has 1 amide bonds. The van der Waals surface area contributed by atoms with Crippen molar-refractivity contribution in [3.63, 3.8) is 0 Å². The number of carbonyl (C=O) groups excluding carboxylic acids is 1. The van der Waals surface area contributed by atoms with Gasteiger partial charge in [0.25, 0.3) is 0 Å². The number of carboxylic acids is 1. The van der Waals surface area contributed by atoms with Crippen molar-refractivity contribution in [2.45, 2.75) is 0 Å². The van der Waals surface area contributed by atoms with Gasteiger partial charge in [0.1, 0.15) is 0 Å². The Morgan fingerprint density at radius 3 is 3.00 bits per heavy atom. The molecule has 0 radical (unpaired) electrons. The number of nitrogens with one attached hydrogen (secondary N) is 1. The summed E-state index contributed by atoms with van der Waals surface area (Å²) in [5, 5.41) is 11.0. The molecule has 0 atom stereocenters. The summed E-state index contributed by atoms with van der Waals surface area (Å²) in [4.78, 5) is 22.5. The zero-order valence-corrected chi connectivity index (χ0v) is 6.04. The van der Waals surface area contributed by atoms with Crippen LogP contribution in [0.5, 0.6) is 0 Å². The molecule has 0 saturated carbocycles. The van der Waals surface area contributed by atoms with Crippen LogP contribution in [0.4, 0.5) is 0 Å². The van der Waals surface area contributed by atoms with Gasteiger partial charge in [-0.2, -0.15) is 0 Å².